The number of carboxylic acid groups (broad SMARTS) is 1. The molecule has 2 rings (SSSR count). The minimum absolute atomic E-state index is 0.144. The lowest BCUT2D eigenvalue weighted by Crippen LogP contribution is -2.57. The average Bonchev–Trinajstić information content (AvgIpc) is 2.38. The summed E-state index contributed by atoms with van der Waals surface area (Å²) in [5, 5.41) is 9.38. The molecule has 2 unspecified atom stereocenters. The third-order valence-electron chi connectivity index (χ3n) is 4.78. The van der Waals surface area contributed by atoms with Gasteiger partial charge in [0.1, 0.15) is 0 Å². The van der Waals surface area contributed by atoms with Crippen LogP contribution in [0.15, 0.2) is 0 Å². The van der Waals surface area contributed by atoms with Crippen molar-refractivity contribution in [2.45, 2.75) is 58.0 Å². The Morgan fingerprint density at radius 1 is 1.05 bits per heavy atom. The van der Waals surface area contributed by atoms with E-state index in [9.17, 15) is 9.90 Å². The van der Waals surface area contributed by atoms with Gasteiger partial charge in [0, 0.05) is 37.8 Å². The first-order chi connectivity index (χ1) is 8.89. The monoisotopic (exact) mass is 268 g/mol. The highest BCUT2D eigenvalue weighted by molar-refractivity contribution is 5.71. The third-order valence-corrected chi connectivity index (χ3v) is 4.78. The topological polar surface area (TPSA) is 43.8 Å². The summed E-state index contributed by atoms with van der Waals surface area (Å²) in [5.41, 5.74) is 0.227. The highest BCUT2D eigenvalue weighted by Crippen LogP contribution is 2.30. The number of piperazine rings is 1. The molecule has 0 aromatic carbocycles. The molecule has 1 saturated carbocycles. The number of aliphatic carboxylic acids is 1. The number of hydrogen-bond donors (Lipinski definition) is 1. The van der Waals surface area contributed by atoms with Gasteiger partial charge >= 0.3 is 5.97 Å². The Balaban J connectivity index is 1.94. The van der Waals surface area contributed by atoms with E-state index in [1.165, 1.54) is 6.42 Å². The van der Waals surface area contributed by atoms with Gasteiger partial charge in [0.25, 0.3) is 0 Å². The van der Waals surface area contributed by atoms with Crippen molar-refractivity contribution in [3.05, 3.63) is 0 Å². The Hall–Kier alpha value is -0.610. The van der Waals surface area contributed by atoms with Crippen LogP contribution in [0.5, 0.6) is 0 Å². The molecule has 1 N–H and O–H groups in total. The van der Waals surface area contributed by atoms with Gasteiger partial charge in [-0.1, -0.05) is 12.8 Å². The van der Waals surface area contributed by atoms with Crippen molar-refractivity contribution in [2.24, 2.45) is 5.92 Å². The van der Waals surface area contributed by atoms with Crippen LogP contribution in [-0.2, 0) is 4.79 Å². The molecule has 19 heavy (non-hydrogen) atoms. The standard InChI is InChI=1S/C15H28N2O2/c1-15(2,3)17-10-8-16(9-11-17)13-7-5-4-6-12(13)14(18)19/h12-13H,4-11H2,1-3H3,(H,18,19). The zero-order valence-electron chi connectivity index (χ0n) is 12.6. The average molecular weight is 268 g/mol. The summed E-state index contributed by atoms with van der Waals surface area (Å²) in [6, 6.07) is 0.272. The minimum atomic E-state index is -0.594. The van der Waals surface area contributed by atoms with Gasteiger partial charge in [-0.2, -0.15) is 0 Å². The number of rotatable bonds is 2. The Kier molecular flexibility index (Phi) is 4.51. The fourth-order valence-electron chi connectivity index (χ4n) is 3.56. The Morgan fingerprint density at radius 3 is 2.16 bits per heavy atom. The van der Waals surface area contributed by atoms with E-state index in [0.29, 0.717) is 0 Å². The smallest absolute Gasteiger partial charge is 0.308 e. The van der Waals surface area contributed by atoms with Crippen molar-refractivity contribution in [2.75, 3.05) is 26.2 Å². The molecule has 1 aliphatic heterocycles. The lowest BCUT2D eigenvalue weighted by atomic mass is 9.83. The lowest BCUT2D eigenvalue weighted by Gasteiger charge is -2.46. The highest BCUT2D eigenvalue weighted by Gasteiger charge is 2.37. The van der Waals surface area contributed by atoms with E-state index < -0.39 is 5.97 Å². The maximum atomic E-state index is 11.4. The first kappa shape index (κ1) is 14.8. The molecule has 1 heterocycles. The molecule has 4 nitrogen and oxygen atoms in total. The van der Waals surface area contributed by atoms with Gasteiger partial charge in [0.2, 0.25) is 0 Å². The largest absolute Gasteiger partial charge is 0.481 e. The van der Waals surface area contributed by atoms with E-state index >= 15 is 0 Å². The summed E-state index contributed by atoms with van der Waals surface area (Å²) in [6.45, 7) is 10.9. The van der Waals surface area contributed by atoms with Gasteiger partial charge < -0.3 is 5.11 Å². The zero-order chi connectivity index (χ0) is 14.0. The summed E-state index contributed by atoms with van der Waals surface area (Å²) in [7, 11) is 0. The van der Waals surface area contributed by atoms with Gasteiger partial charge in [-0.05, 0) is 33.6 Å². The number of hydrogen-bond acceptors (Lipinski definition) is 3. The molecule has 2 aliphatic rings. The third kappa shape index (κ3) is 3.48. The van der Waals surface area contributed by atoms with Crippen molar-refractivity contribution in [1.82, 2.24) is 9.80 Å². The molecule has 0 aromatic heterocycles. The second-order valence-electron chi connectivity index (χ2n) is 6.99. The summed E-state index contributed by atoms with van der Waals surface area (Å²) < 4.78 is 0. The molecule has 0 spiro atoms. The van der Waals surface area contributed by atoms with Crippen LogP contribution in [0.4, 0.5) is 0 Å². The van der Waals surface area contributed by atoms with Gasteiger partial charge in [-0.25, -0.2) is 0 Å². The van der Waals surface area contributed by atoms with Crippen LogP contribution in [0.25, 0.3) is 0 Å². The van der Waals surface area contributed by atoms with Gasteiger partial charge in [-0.3, -0.25) is 14.6 Å². The van der Waals surface area contributed by atoms with E-state index in [4.69, 9.17) is 0 Å². The highest BCUT2D eigenvalue weighted by atomic mass is 16.4. The van der Waals surface area contributed by atoms with E-state index in [1.54, 1.807) is 0 Å². The second kappa shape index (κ2) is 5.80. The molecule has 4 heteroatoms. The van der Waals surface area contributed by atoms with Crippen LogP contribution in [-0.4, -0.2) is 58.6 Å². The summed E-state index contributed by atoms with van der Waals surface area (Å²) in [4.78, 5) is 16.3. The van der Waals surface area contributed by atoms with Crippen molar-refractivity contribution in [3.8, 4) is 0 Å². The predicted molar refractivity (Wildman–Crippen MR) is 76.3 cm³/mol. The van der Waals surface area contributed by atoms with Crippen LogP contribution in [0, 0.1) is 5.92 Å². The summed E-state index contributed by atoms with van der Waals surface area (Å²) >= 11 is 0. The lowest BCUT2D eigenvalue weighted by molar-refractivity contribution is -0.146. The molecule has 0 bridgehead atoms. The summed E-state index contributed by atoms with van der Waals surface area (Å²) in [5.74, 6) is -0.738. The molecule has 2 atom stereocenters. The maximum absolute atomic E-state index is 11.4. The first-order valence-electron chi connectivity index (χ1n) is 7.61. The van der Waals surface area contributed by atoms with Gasteiger partial charge in [0.15, 0.2) is 0 Å². The SMILES string of the molecule is CC(C)(C)N1CCN(C2CCCCC2C(=O)O)CC1. The van der Waals surface area contributed by atoms with Crippen LogP contribution in [0.3, 0.4) is 0 Å². The molecule has 0 amide bonds. The molecule has 110 valence electrons. The second-order valence-corrected chi connectivity index (χ2v) is 6.99. The van der Waals surface area contributed by atoms with Gasteiger partial charge in [0.05, 0.1) is 5.92 Å². The van der Waals surface area contributed by atoms with E-state index in [1.807, 2.05) is 0 Å². The fraction of sp³-hybridized carbons (Fsp3) is 0.933. The number of nitrogens with zero attached hydrogens (tertiary/aromatic N) is 2. The Labute approximate surface area is 116 Å². The molecule has 2 fully saturated rings. The van der Waals surface area contributed by atoms with Crippen LogP contribution < -0.4 is 0 Å². The van der Waals surface area contributed by atoms with Crippen molar-refractivity contribution >= 4 is 5.97 Å². The van der Waals surface area contributed by atoms with Crippen LogP contribution in [0.2, 0.25) is 0 Å². The quantitative estimate of drug-likeness (QED) is 0.832. The Morgan fingerprint density at radius 2 is 1.63 bits per heavy atom. The molecule has 1 saturated heterocycles. The van der Waals surface area contributed by atoms with Crippen LogP contribution in [0.1, 0.15) is 46.5 Å². The normalized spacial score (nSPS) is 31.3. The van der Waals surface area contributed by atoms with Crippen molar-refractivity contribution in [3.63, 3.8) is 0 Å². The molecular weight excluding hydrogens is 240 g/mol. The molecule has 0 radical (unpaired) electrons. The number of carboxylic acids is 1. The van der Waals surface area contributed by atoms with E-state index in [0.717, 1.165) is 45.4 Å². The molecule has 0 aromatic rings. The van der Waals surface area contributed by atoms with Gasteiger partial charge in [-0.15, -0.1) is 0 Å². The predicted octanol–water partition coefficient (Wildman–Crippen LogP) is 2.05. The van der Waals surface area contributed by atoms with E-state index in [2.05, 4.69) is 30.6 Å². The maximum Gasteiger partial charge on any atom is 0.308 e. The zero-order valence-corrected chi connectivity index (χ0v) is 12.6. The Bertz CT molecular complexity index is 317. The van der Waals surface area contributed by atoms with E-state index in [-0.39, 0.29) is 17.5 Å². The van der Waals surface area contributed by atoms with Crippen molar-refractivity contribution in [1.29, 1.82) is 0 Å². The number of carbonyl (C=O) groups is 1. The van der Waals surface area contributed by atoms with Crippen LogP contribution >= 0.6 is 0 Å². The molecule has 1 aliphatic carbocycles. The molecular formula is C15H28N2O2. The first-order valence-corrected chi connectivity index (χ1v) is 7.61. The fourth-order valence-corrected chi connectivity index (χ4v) is 3.56. The summed E-state index contributed by atoms with van der Waals surface area (Å²) in [6.07, 6.45) is 4.19. The van der Waals surface area contributed by atoms with Crippen molar-refractivity contribution < 1.29 is 9.90 Å². The minimum Gasteiger partial charge on any atom is -0.481 e.